The molecule has 1 rings (SSSR count). The minimum atomic E-state index is -4.64. The summed E-state index contributed by atoms with van der Waals surface area (Å²) in [6.07, 6.45) is -4.03. The molecule has 0 aromatic carbocycles. The SMILES string of the molecule is CC/C(C)=C(/SC(=N)C(F)(F)F)N1CCN(C(=O)CCl)CC1. The second kappa shape index (κ2) is 8.10. The molecule has 1 heterocycles. The standard InChI is InChI=1S/C13H19ClF3N3OS/c1-3-9(2)11(22-12(18)13(15,16)17)20-6-4-19(5-7-20)10(21)8-14/h18H,3-8H2,1-2H3/b11-9+,18-12?. The van der Waals surface area contributed by atoms with Crippen LogP contribution >= 0.6 is 23.4 Å². The zero-order valence-corrected chi connectivity index (χ0v) is 14.0. The van der Waals surface area contributed by atoms with E-state index in [0.717, 1.165) is 5.57 Å². The summed E-state index contributed by atoms with van der Waals surface area (Å²) in [7, 11) is 0. The van der Waals surface area contributed by atoms with E-state index in [1.807, 2.05) is 11.8 Å². The highest BCUT2D eigenvalue weighted by Gasteiger charge is 2.37. The molecule has 0 radical (unpaired) electrons. The lowest BCUT2D eigenvalue weighted by Crippen LogP contribution is -2.48. The number of rotatable bonds is 4. The Morgan fingerprint density at radius 1 is 1.23 bits per heavy atom. The number of carbonyl (C=O) groups excluding carboxylic acids is 1. The molecule has 126 valence electrons. The lowest BCUT2D eigenvalue weighted by Gasteiger charge is -2.37. The van der Waals surface area contributed by atoms with Gasteiger partial charge in [0, 0.05) is 26.2 Å². The van der Waals surface area contributed by atoms with E-state index in [2.05, 4.69) is 0 Å². The first-order valence-corrected chi connectivity index (χ1v) is 8.17. The first-order chi connectivity index (χ1) is 10.2. The minimum Gasteiger partial charge on any atom is -0.363 e. The van der Waals surface area contributed by atoms with E-state index in [1.54, 1.807) is 11.8 Å². The zero-order chi connectivity index (χ0) is 16.9. The van der Waals surface area contributed by atoms with Gasteiger partial charge < -0.3 is 9.80 Å². The molecule has 1 aliphatic heterocycles. The number of amides is 1. The molecule has 9 heteroatoms. The number of alkyl halides is 4. The maximum Gasteiger partial charge on any atom is 0.439 e. The second-order valence-electron chi connectivity index (χ2n) is 4.87. The molecule has 0 aliphatic carbocycles. The van der Waals surface area contributed by atoms with Crippen LogP contribution in [0.25, 0.3) is 0 Å². The monoisotopic (exact) mass is 357 g/mol. The Bertz CT molecular complexity index is 460. The van der Waals surface area contributed by atoms with Crippen molar-refractivity contribution in [3.8, 4) is 0 Å². The first kappa shape index (κ1) is 19.2. The number of allylic oxidation sites excluding steroid dienone is 1. The van der Waals surface area contributed by atoms with Gasteiger partial charge in [-0.3, -0.25) is 10.2 Å². The Balaban J connectivity index is 2.80. The summed E-state index contributed by atoms with van der Waals surface area (Å²) in [5.41, 5.74) is 0.802. The van der Waals surface area contributed by atoms with Crippen molar-refractivity contribution in [2.45, 2.75) is 26.4 Å². The fourth-order valence-corrected chi connectivity index (χ4v) is 3.08. The highest BCUT2D eigenvalue weighted by atomic mass is 35.5. The van der Waals surface area contributed by atoms with E-state index in [1.165, 1.54) is 0 Å². The predicted octanol–water partition coefficient (Wildman–Crippen LogP) is 3.28. The third-order valence-electron chi connectivity index (χ3n) is 3.39. The van der Waals surface area contributed by atoms with Gasteiger partial charge in [-0.05, 0) is 30.7 Å². The van der Waals surface area contributed by atoms with E-state index in [4.69, 9.17) is 17.0 Å². The second-order valence-corrected chi connectivity index (χ2v) is 6.14. The van der Waals surface area contributed by atoms with Gasteiger partial charge in [0.15, 0.2) is 5.04 Å². The molecule has 1 amide bonds. The van der Waals surface area contributed by atoms with E-state index >= 15 is 0 Å². The van der Waals surface area contributed by atoms with Crippen molar-refractivity contribution in [1.29, 1.82) is 5.41 Å². The molecule has 4 nitrogen and oxygen atoms in total. The number of hydrogen-bond acceptors (Lipinski definition) is 4. The summed E-state index contributed by atoms with van der Waals surface area (Å²) in [6.45, 7) is 5.35. The van der Waals surface area contributed by atoms with Gasteiger partial charge in [-0.1, -0.05) is 6.92 Å². The quantitative estimate of drug-likeness (QED) is 0.477. The molecule has 0 atom stereocenters. The fraction of sp³-hybridized carbons (Fsp3) is 0.692. The van der Waals surface area contributed by atoms with Crippen molar-refractivity contribution in [3.05, 3.63) is 10.6 Å². The van der Waals surface area contributed by atoms with E-state index in [9.17, 15) is 18.0 Å². The Kier molecular flexibility index (Phi) is 7.05. The Hall–Kier alpha value is -0.890. The highest BCUT2D eigenvalue weighted by Crippen LogP contribution is 2.33. The van der Waals surface area contributed by atoms with Crippen molar-refractivity contribution < 1.29 is 18.0 Å². The van der Waals surface area contributed by atoms with Gasteiger partial charge in [-0.2, -0.15) is 13.2 Å². The number of hydrogen-bond donors (Lipinski definition) is 1. The maximum atomic E-state index is 12.6. The van der Waals surface area contributed by atoms with Gasteiger partial charge in [-0.15, -0.1) is 11.6 Å². The van der Waals surface area contributed by atoms with Crippen LogP contribution in [0.1, 0.15) is 20.3 Å². The van der Waals surface area contributed by atoms with Gasteiger partial charge >= 0.3 is 6.18 Å². The van der Waals surface area contributed by atoms with Crippen molar-refractivity contribution in [2.24, 2.45) is 0 Å². The van der Waals surface area contributed by atoms with Gasteiger partial charge in [0.05, 0.1) is 5.03 Å². The molecular weight excluding hydrogens is 339 g/mol. The van der Waals surface area contributed by atoms with E-state index in [0.29, 0.717) is 49.4 Å². The number of nitrogens with one attached hydrogen (secondary N) is 1. The number of piperazine rings is 1. The fourth-order valence-electron chi connectivity index (χ4n) is 1.97. The first-order valence-electron chi connectivity index (χ1n) is 6.82. The summed E-state index contributed by atoms with van der Waals surface area (Å²) >= 11 is 5.95. The van der Waals surface area contributed by atoms with Crippen LogP contribution in [0.4, 0.5) is 13.2 Å². The van der Waals surface area contributed by atoms with Gasteiger partial charge in [0.1, 0.15) is 5.88 Å². The molecule has 0 aromatic heterocycles. The lowest BCUT2D eigenvalue weighted by atomic mass is 10.2. The molecule has 1 aliphatic rings. The van der Waals surface area contributed by atoms with Gasteiger partial charge in [0.2, 0.25) is 5.91 Å². The predicted molar refractivity (Wildman–Crippen MR) is 83.2 cm³/mol. The molecule has 0 saturated carbocycles. The van der Waals surface area contributed by atoms with Gasteiger partial charge in [0.25, 0.3) is 0 Å². The van der Waals surface area contributed by atoms with Crippen LogP contribution in [0.15, 0.2) is 10.6 Å². The average molecular weight is 358 g/mol. The van der Waals surface area contributed by atoms with Crippen LogP contribution in [0.3, 0.4) is 0 Å². The largest absolute Gasteiger partial charge is 0.439 e. The van der Waals surface area contributed by atoms with Crippen molar-refractivity contribution >= 4 is 34.3 Å². The van der Waals surface area contributed by atoms with E-state index < -0.39 is 11.2 Å². The topological polar surface area (TPSA) is 47.4 Å². The molecule has 1 N–H and O–H groups in total. The summed E-state index contributed by atoms with van der Waals surface area (Å²) in [5.74, 6) is -0.265. The normalized spacial score (nSPS) is 17.4. The van der Waals surface area contributed by atoms with Crippen LogP contribution in [0, 0.1) is 5.41 Å². The third-order valence-corrected chi connectivity index (χ3v) is 4.85. The van der Waals surface area contributed by atoms with Crippen molar-refractivity contribution in [3.63, 3.8) is 0 Å². The molecule has 22 heavy (non-hydrogen) atoms. The molecule has 0 aromatic rings. The van der Waals surface area contributed by atoms with Crippen LogP contribution < -0.4 is 0 Å². The Labute approximate surface area is 137 Å². The molecular formula is C13H19ClF3N3OS. The maximum absolute atomic E-state index is 12.6. The van der Waals surface area contributed by atoms with Crippen LogP contribution in [0.2, 0.25) is 0 Å². The Morgan fingerprint density at radius 2 is 1.73 bits per heavy atom. The highest BCUT2D eigenvalue weighted by molar-refractivity contribution is 8.17. The zero-order valence-electron chi connectivity index (χ0n) is 12.5. The smallest absolute Gasteiger partial charge is 0.363 e. The van der Waals surface area contributed by atoms with Gasteiger partial charge in [-0.25, -0.2) is 0 Å². The molecule has 0 unspecified atom stereocenters. The molecule has 1 fully saturated rings. The molecule has 0 bridgehead atoms. The van der Waals surface area contributed by atoms with Crippen LogP contribution in [-0.4, -0.2) is 59.0 Å². The number of nitrogens with zero attached hydrogens (tertiary/aromatic N) is 2. The third kappa shape index (κ3) is 5.08. The minimum absolute atomic E-state index is 0.0931. The summed E-state index contributed by atoms with van der Waals surface area (Å²) in [6, 6.07) is 0. The van der Waals surface area contributed by atoms with Crippen molar-refractivity contribution in [1.82, 2.24) is 9.80 Å². The average Bonchev–Trinajstić information content (AvgIpc) is 2.50. The summed E-state index contributed by atoms with van der Waals surface area (Å²) in [4.78, 5) is 14.9. The van der Waals surface area contributed by atoms with Crippen LogP contribution in [0.5, 0.6) is 0 Å². The van der Waals surface area contributed by atoms with Crippen LogP contribution in [-0.2, 0) is 4.79 Å². The lowest BCUT2D eigenvalue weighted by molar-refractivity contribution is -0.129. The number of thioether (sulfide) groups is 1. The van der Waals surface area contributed by atoms with E-state index in [-0.39, 0.29) is 11.8 Å². The number of halogens is 4. The molecule has 1 saturated heterocycles. The van der Waals surface area contributed by atoms with Crippen molar-refractivity contribution in [2.75, 3.05) is 32.1 Å². The summed E-state index contributed by atoms with van der Waals surface area (Å²) < 4.78 is 37.8. The molecule has 0 spiro atoms. The summed E-state index contributed by atoms with van der Waals surface area (Å²) in [5, 5.41) is 6.33. The Morgan fingerprint density at radius 3 is 2.14 bits per heavy atom. The number of carbonyl (C=O) groups is 1.